The molecule has 0 spiro atoms. The molecule has 2 aliphatic rings. The molecule has 1 unspecified atom stereocenters. The minimum atomic E-state index is 0. The van der Waals surface area contributed by atoms with Crippen molar-refractivity contribution in [3.63, 3.8) is 0 Å². The van der Waals surface area contributed by atoms with Gasteiger partial charge in [-0.05, 0) is 32.1 Å². The molecule has 164 valence electrons. The molecule has 2 saturated heterocycles. The van der Waals surface area contributed by atoms with Gasteiger partial charge in [0.05, 0.1) is 6.10 Å². The molecule has 0 saturated carbocycles. The maximum absolute atomic E-state index is 11.9. The Labute approximate surface area is 186 Å². The number of aliphatic imine (C=N–C) groups is 1. The maximum atomic E-state index is 11.9. The fraction of sp³-hybridized carbons (Fsp3) is 0.895. The van der Waals surface area contributed by atoms with Crippen LogP contribution in [-0.4, -0.2) is 101 Å². The van der Waals surface area contributed by atoms with Crippen LogP contribution in [0, 0.1) is 0 Å². The van der Waals surface area contributed by atoms with E-state index in [1.54, 1.807) is 26.1 Å². The van der Waals surface area contributed by atoms with Gasteiger partial charge in [-0.1, -0.05) is 0 Å². The molecular weight excluding hydrogens is 473 g/mol. The first-order valence-corrected chi connectivity index (χ1v) is 10.2. The van der Waals surface area contributed by atoms with Gasteiger partial charge in [0.15, 0.2) is 5.96 Å². The van der Waals surface area contributed by atoms with E-state index in [4.69, 9.17) is 9.47 Å². The number of amides is 1. The summed E-state index contributed by atoms with van der Waals surface area (Å²) in [7, 11) is 5.26. The van der Waals surface area contributed by atoms with Gasteiger partial charge in [0.1, 0.15) is 6.54 Å². The second-order valence-electron chi connectivity index (χ2n) is 7.58. The van der Waals surface area contributed by atoms with Crippen LogP contribution in [0.25, 0.3) is 0 Å². The number of methoxy groups -OCH3 is 1. The fourth-order valence-corrected chi connectivity index (χ4v) is 3.38. The molecule has 8 nitrogen and oxygen atoms in total. The van der Waals surface area contributed by atoms with Crippen LogP contribution in [0.4, 0.5) is 0 Å². The third kappa shape index (κ3) is 9.71. The number of halogens is 1. The number of nitrogens with one attached hydrogen (secondary N) is 2. The van der Waals surface area contributed by atoms with Crippen molar-refractivity contribution in [1.29, 1.82) is 0 Å². The van der Waals surface area contributed by atoms with Gasteiger partial charge in [0.2, 0.25) is 5.91 Å². The summed E-state index contributed by atoms with van der Waals surface area (Å²) in [6.45, 7) is 5.81. The van der Waals surface area contributed by atoms with Crippen molar-refractivity contribution >= 4 is 35.8 Å². The highest BCUT2D eigenvalue weighted by atomic mass is 127. The Morgan fingerprint density at radius 2 is 2.04 bits per heavy atom. The second-order valence-corrected chi connectivity index (χ2v) is 7.58. The molecule has 2 aliphatic heterocycles. The zero-order valence-electron chi connectivity index (χ0n) is 17.6. The van der Waals surface area contributed by atoms with Gasteiger partial charge < -0.3 is 29.9 Å². The summed E-state index contributed by atoms with van der Waals surface area (Å²) in [6, 6.07) is 0.383. The van der Waals surface area contributed by atoms with E-state index in [0.29, 0.717) is 6.04 Å². The third-order valence-electron chi connectivity index (χ3n) is 5.14. The number of rotatable bonds is 9. The van der Waals surface area contributed by atoms with Crippen molar-refractivity contribution in [1.82, 2.24) is 20.4 Å². The van der Waals surface area contributed by atoms with Gasteiger partial charge in [-0.25, -0.2) is 4.99 Å². The number of piperidine rings is 1. The van der Waals surface area contributed by atoms with E-state index in [1.165, 1.54) is 0 Å². The second kappa shape index (κ2) is 14.4. The first kappa shape index (κ1) is 25.4. The molecule has 28 heavy (non-hydrogen) atoms. The number of nitrogens with zero attached hydrogens (tertiary/aromatic N) is 3. The Morgan fingerprint density at radius 3 is 2.64 bits per heavy atom. The Morgan fingerprint density at radius 1 is 1.29 bits per heavy atom. The summed E-state index contributed by atoms with van der Waals surface area (Å²) < 4.78 is 10.8. The highest BCUT2D eigenvalue weighted by Crippen LogP contribution is 2.12. The van der Waals surface area contributed by atoms with Crippen LogP contribution in [0.2, 0.25) is 0 Å². The Kier molecular flexibility index (Phi) is 13.0. The highest BCUT2D eigenvalue weighted by Gasteiger charge is 2.21. The molecule has 0 aliphatic carbocycles. The lowest BCUT2D eigenvalue weighted by Crippen LogP contribution is -2.50. The van der Waals surface area contributed by atoms with Crippen LogP contribution in [0.3, 0.4) is 0 Å². The molecule has 0 aromatic heterocycles. The summed E-state index contributed by atoms with van der Waals surface area (Å²) >= 11 is 0. The van der Waals surface area contributed by atoms with Gasteiger partial charge in [0, 0.05) is 66.6 Å². The van der Waals surface area contributed by atoms with Gasteiger partial charge in [0.25, 0.3) is 0 Å². The summed E-state index contributed by atoms with van der Waals surface area (Å²) in [4.78, 5) is 20.4. The topological polar surface area (TPSA) is 78.4 Å². The van der Waals surface area contributed by atoms with Crippen molar-refractivity contribution in [2.75, 3.05) is 67.1 Å². The van der Waals surface area contributed by atoms with Crippen LogP contribution < -0.4 is 10.6 Å². The van der Waals surface area contributed by atoms with Gasteiger partial charge in [-0.3, -0.25) is 4.79 Å². The first-order valence-electron chi connectivity index (χ1n) is 10.2. The van der Waals surface area contributed by atoms with Crippen molar-refractivity contribution < 1.29 is 14.3 Å². The molecule has 0 radical (unpaired) electrons. The number of hydrogen-bond acceptors (Lipinski definition) is 5. The molecule has 0 aromatic carbocycles. The van der Waals surface area contributed by atoms with E-state index >= 15 is 0 Å². The zero-order valence-corrected chi connectivity index (χ0v) is 19.9. The van der Waals surface area contributed by atoms with E-state index in [2.05, 4.69) is 20.5 Å². The summed E-state index contributed by atoms with van der Waals surface area (Å²) in [5, 5.41) is 6.89. The average Bonchev–Trinajstić information content (AvgIpc) is 3.18. The minimum absolute atomic E-state index is 0. The van der Waals surface area contributed by atoms with Crippen LogP contribution in [0.1, 0.15) is 32.1 Å². The lowest BCUT2D eigenvalue weighted by Gasteiger charge is -2.33. The molecule has 1 atom stereocenters. The number of likely N-dealkylation sites (tertiary alicyclic amines) is 1. The van der Waals surface area contributed by atoms with Crippen molar-refractivity contribution in [2.24, 2.45) is 4.99 Å². The molecule has 0 bridgehead atoms. The van der Waals surface area contributed by atoms with Crippen molar-refractivity contribution in [3.8, 4) is 0 Å². The number of hydrogen-bond donors (Lipinski definition) is 2. The number of carbonyl (C=O) groups is 1. The van der Waals surface area contributed by atoms with E-state index < -0.39 is 0 Å². The minimum Gasteiger partial charge on any atom is -0.385 e. The Bertz CT molecular complexity index is 464. The standard InChI is InChI=1S/C19H37N5O3.HI/c1-23(2)18(25)15-21-19(20-14-17-6-4-13-27-17)22-16-7-10-24(11-8-16)9-5-12-26-3;/h16-17H,4-15H2,1-3H3,(H2,20,21,22);1H. The molecule has 2 fully saturated rings. The van der Waals surface area contributed by atoms with E-state index in [-0.39, 0.29) is 42.5 Å². The Balaban J connectivity index is 0.00000392. The normalized spacial score (nSPS) is 21.2. The predicted molar refractivity (Wildman–Crippen MR) is 122 cm³/mol. The Hall–Kier alpha value is -0.650. The lowest BCUT2D eigenvalue weighted by atomic mass is 10.1. The molecule has 0 aromatic rings. The molecule has 2 rings (SSSR count). The smallest absolute Gasteiger partial charge is 0.243 e. The quantitative estimate of drug-likeness (QED) is 0.208. The van der Waals surface area contributed by atoms with Gasteiger partial charge >= 0.3 is 0 Å². The van der Waals surface area contributed by atoms with Crippen molar-refractivity contribution in [3.05, 3.63) is 0 Å². The maximum Gasteiger partial charge on any atom is 0.243 e. The summed E-state index contributed by atoms with van der Waals surface area (Å²) in [5.74, 6) is 0.722. The van der Waals surface area contributed by atoms with E-state index in [9.17, 15) is 4.79 Å². The molecule has 1 amide bonds. The SMILES string of the molecule is COCCCN1CCC(NC(=NCC(=O)N(C)C)NCC2CCCO2)CC1.I. The molecule has 2 N–H and O–H groups in total. The van der Waals surface area contributed by atoms with Crippen LogP contribution in [0.5, 0.6) is 0 Å². The number of ether oxygens (including phenoxy) is 2. The van der Waals surface area contributed by atoms with Crippen molar-refractivity contribution in [2.45, 2.75) is 44.2 Å². The fourth-order valence-electron chi connectivity index (χ4n) is 3.38. The van der Waals surface area contributed by atoms with Gasteiger partial charge in [-0.2, -0.15) is 0 Å². The van der Waals surface area contributed by atoms with Crippen LogP contribution in [0.15, 0.2) is 4.99 Å². The lowest BCUT2D eigenvalue weighted by molar-refractivity contribution is -0.127. The summed E-state index contributed by atoms with van der Waals surface area (Å²) in [5.41, 5.74) is 0. The molecule has 9 heteroatoms. The third-order valence-corrected chi connectivity index (χ3v) is 5.14. The van der Waals surface area contributed by atoms with E-state index in [0.717, 1.165) is 77.5 Å². The van der Waals surface area contributed by atoms with Crippen LogP contribution in [-0.2, 0) is 14.3 Å². The van der Waals surface area contributed by atoms with Crippen LogP contribution >= 0.6 is 24.0 Å². The van der Waals surface area contributed by atoms with E-state index in [1.807, 2.05) is 0 Å². The average molecular weight is 511 g/mol. The largest absolute Gasteiger partial charge is 0.385 e. The summed E-state index contributed by atoms with van der Waals surface area (Å²) in [6.07, 6.45) is 5.68. The highest BCUT2D eigenvalue weighted by molar-refractivity contribution is 14.0. The monoisotopic (exact) mass is 511 g/mol. The first-order chi connectivity index (χ1) is 13.1. The number of carbonyl (C=O) groups excluding carboxylic acids is 1. The van der Waals surface area contributed by atoms with Gasteiger partial charge in [-0.15, -0.1) is 24.0 Å². The molecular formula is C19H38IN5O3. The number of likely N-dealkylation sites (N-methyl/N-ethyl adjacent to an activating group) is 1. The number of guanidine groups is 1. The molecule has 2 heterocycles. The predicted octanol–water partition coefficient (Wildman–Crippen LogP) is 0.908. The zero-order chi connectivity index (χ0) is 19.5.